The Morgan fingerprint density at radius 1 is 1.43 bits per heavy atom. The average molecular weight is 196 g/mol. The second-order valence-electron chi connectivity index (χ2n) is 3.73. The Hall–Kier alpha value is -1.26. The summed E-state index contributed by atoms with van der Waals surface area (Å²) in [5.74, 6) is 0.442. The smallest absolute Gasteiger partial charge is 0.132 e. The third kappa shape index (κ3) is 2.37. The number of nitrogens with one attached hydrogen (secondary N) is 2. The molecule has 0 saturated heterocycles. The SMILES string of the molecule is CC(=O)C1CCC(N(C=N)N=N)CC1. The zero-order valence-electron chi connectivity index (χ0n) is 8.36. The van der Waals surface area contributed by atoms with Crippen LogP contribution in [0.2, 0.25) is 0 Å². The lowest BCUT2D eigenvalue weighted by molar-refractivity contribution is -0.121. The molecule has 0 spiro atoms. The molecule has 14 heavy (non-hydrogen) atoms. The van der Waals surface area contributed by atoms with E-state index in [-0.39, 0.29) is 17.7 Å². The molecule has 0 aromatic heterocycles. The largest absolute Gasteiger partial charge is 0.300 e. The van der Waals surface area contributed by atoms with Gasteiger partial charge < -0.3 is 0 Å². The van der Waals surface area contributed by atoms with Crippen LogP contribution >= 0.6 is 0 Å². The van der Waals surface area contributed by atoms with Gasteiger partial charge in [-0.1, -0.05) is 5.22 Å². The van der Waals surface area contributed by atoms with Crippen molar-refractivity contribution in [3.8, 4) is 0 Å². The molecular weight excluding hydrogens is 180 g/mol. The summed E-state index contributed by atoms with van der Waals surface area (Å²) >= 11 is 0. The summed E-state index contributed by atoms with van der Waals surface area (Å²) in [6.45, 7) is 1.63. The molecule has 5 heteroatoms. The number of carbonyl (C=O) groups is 1. The van der Waals surface area contributed by atoms with Gasteiger partial charge in [0.05, 0.1) is 6.04 Å². The maximum atomic E-state index is 11.1. The molecule has 0 atom stereocenters. The molecule has 78 valence electrons. The van der Waals surface area contributed by atoms with E-state index in [2.05, 4.69) is 5.22 Å². The monoisotopic (exact) mass is 196 g/mol. The van der Waals surface area contributed by atoms with Gasteiger partial charge in [0.25, 0.3) is 0 Å². The van der Waals surface area contributed by atoms with Crippen molar-refractivity contribution in [1.82, 2.24) is 5.01 Å². The third-order valence-electron chi connectivity index (χ3n) is 2.89. The first kappa shape index (κ1) is 10.8. The van der Waals surface area contributed by atoms with E-state index >= 15 is 0 Å². The summed E-state index contributed by atoms with van der Waals surface area (Å²) in [5.41, 5.74) is 6.86. The van der Waals surface area contributed by atoms with Crippen LogP contribution in [0.25, 0.3) is 0 Å². The maximum Gasteiger partial charge on any atom is 0.132 e. The molecular formula is C9H16N4O. The minimum Gasteiger partial charge on any atom is -0.300 e. The van der Waals surface area contributed by atoms with Crippen LogP contribution in [0, 0.1) is 16.9 Å². The van der Waals surface area contributed by atoms with Crippen LogP contribution in [0.1, 0.15) is 32.6 Å². The Bertz CT molecular complexity index is 225. The first-order valence-corrected chi connectivity index (χ1v) is 4.85. The van der Waals surface area contributed by atoms with Gasteiger partial charge in [-0.05, 0) is 32.6 Å². The quantitative estimate of drug-likeness (QED) is 0.312. The molecule has 0 heterocycles. The second kappa shape index (κ2) is 4.83. The summed E-state index contributed by atoms with van der Waals surface area (Å²) < 4.78 is 0. The van der Waals surface area contributed by atoms with Crippen molar-refractivity contribution in [3.63, 3.8) is 0 Å². The summed E-state index contributed by atoms with van der Waals surface area (Å²) in [6, 6.07) is 0.139. The van der Waals surface area contributed by atoms with Crippen molar-refractivity contribution >= 4 is 12.1 Å². The Kier molecular flexibility index (Phi) is 3.73. The van der Waals surface area contributed by atoms with E-state index in [0.29, 0.717) is 0 Å². The van der Waals surface area contributed by atoms with Gasteiger partial charge in [-0.25, -0.2) is 5.01 Å². The highest BCUT2D eigenvalue weighted by atomic mass is 16.1. The fourth-order valence-corrected chi connectivity index (χ4v) is 1.96. The highest BCUT2D eigenvalue weighted by Crippen LogP contribution is 2.27. The third-order valence-corrected chi connectivity index (χ3v) is 2.89. The van der Waals surface area contributed by atoms with Gasteiger partial charge in [-0.15, -0.1) is 0 Å². The topological polar surface area (TPSA) is 80.4 Å². The van der Waals surface area contributed by atoms with Crippen LogP contribution in [-0.4, -0.2) is 23.2 Å². The molecule has 0 amide bonds. The Morgan fingerprint density at radius 2 is 2.00 bits per heavy atom. The van der Waals surface area contributed by atoms with Gasteiger partial charge >= 0.3 is 0 Å². The number of ketones is 1. The van der Waals surface area contributed by atoms with E-state index < -0.39 is 0 Å². The minimum atomic E-state index is 0.139. The average Bonchev–Trinajstić information content (AvgIpc) is 2.20. The molecule has 1 aliphatic carbocycles. The Morgan fingerprint density at radius 3 is 2.36 bits per heavy atom. The van der Waals surface area contributed by atoms with E-state index in [1.807, 2.05) is 0 Å². The van der Waals surface area contributed by atoms with E-state index in [9.17, 15) is 4.79 Å². The molecule has 0 radical (unpaired) electrons. The zero-order chi connectivity index (χ0) is 10.6. The molecule has 1 saturated carbocycles. The summed E-state index contributed by atoms with van der Waals surface area (Å²) in [6.07, 6.45) is 4.50. The fourth-order valence-electron chi connectivity index (χ4n) is 1.96. The lowest BCUT2D eigenvalue weighted by Crippen LogP contribution is -2.34. The van der Waals surface area contributed by atoms with Gasteiger partial charge in [0.2, 0.25) is 0 Å². The van der Waals surface area contributed by atoms with Gasteiger partial charge in [-0.3, -0.25) is 10.2 Å². The second-order valence-corrected chi connectivity index (χ2v) is 3.73. The molecule has 5 nitrogen and oxygen atoms in total. The Balaban J connectivity index is 2.45. The van der Waals surface area contributed by atoms with Crippen LogP contribution in [0.4, 0.5) is 0 Å². The van der Waals surface area contributed by atoms with E-state index in [1.54, 1.807) is 6.92 Å². The maximum absolute atomic E-state index is 11.1. The van der Waals surface area contributed by atoms with Crippen molar-refractivity contribution < 1.29 is 4.79 Å². The van der Waals surface area contributed by atoms with Crippen molar-refractivity contribution in [3.05, 3.63) is 0 Å². The molecule has 0 aromatic rings. The number of hydrogen-bond donors (Lipinski definition) is 2. The predicted octanol–water partition coefficient (Wildman–Crippen LogP) is 1.99. The molecule has 1 fully saturated rings. The highest BCUT2D eigenvalue weighted by molar-refractivity contribution is 5.78. The van der Waals surface area contributed by atoms with E-state index in [0.717, 1.165) is 32.0 Å². The van der Waals surface area contributed by atoms with Crippen molar-refractivity contribution in [2.75, 3.05) is 0 Å². The molecule has 0 aromatic carbocycles. The lowest BCUT2D eigenvalue weighted by Gasteiger charge is -2.30. The van der Waals surface area contributed by atoms with Gasteiger partial charge in [0.15, 0.2) is 0 Å². The molecule has 0 bridgehead atoms. The molecule has 0 unspecified atom stereocenters. The number of carbonyl (C=O) groups excluding carboxylic acids is 1. The number of Topliss-reactive ketones (excluding diaryl/α,β-unsaturated/α-hetero) is 1. The van der Waals surface area contributed by atoms with Crippen LogP contribution in [0.3, 0.4) is 0 Å². The molecule has 1 aliphatic rings. The van der Waals surface area contributed by atoms with Crippen LogP contribution < -0.4 is 0 Å². The summed E-state index contributed by atoms with van der Waals surface area (Å²) in [5, 5.41) is 11.7. The van der Waals surface area contributed by atoms with Crippen molar-refractivity contribution in [1.29, 1.82) is 10.9 Å². The van der Waals surface area contributed by atoms with Crippen molar-refractivity contribution in [2.24, 2.45) is 11.1 Å². The summed E-state index contributed by atoms with van der Waals surface area (Å²) in [4.78, 5) is 11.1. The van der Waals surface area contributed by atoms with Gasteiger partial charge in [-0.2, -0.15) is 5.53 Å². The fraction of sp³-hybridized carbons (Fsp3) is 0.778. The van der Waals surface area contributed by atoms with Gasteiger partial charge in [0, 0.05) is 5.92 Å². The van der Waals surface area contributed by atoms with Crippen LogP contribution in [0.5, 0.6) is 0 Å². The van der Waals surface area contributed by atoms with Crippen molar-refractivity contribution in [2.45, 2.75) is 38.6 Å². The van der Waals surface area contributed by atoms with Crippen LogP contribution in [-0.2, 0) is 4.79 Å². The number of hydrogen-bond acceptors (Lipinski definition) is 4. The first-order chi connectivity index (χ1) is 6.69. The molecule has 1 rings (SSSR count). The molecule has 0 aliphatic heterocycles. The predicted molar refractivity (Wildman–Crippen MR) is 52.2 cm³/mol. The van der Waals surface area contributed by atoms with Crippen LogP contribution in [0.15, 0.2) is 5.22 Å². The standard InChI is InChI=1S/C9H16N4O/c1-7(14)8-2-4-9(5-3-8)13(6-10)12-11/h6,8-11H,2-5H2,1H3. The number of nitrogens with zero attached hydrogens (tertiary/aromatic N) is 2. The Labute approximate surface area is 83.5 Å². The van der Waals surface area contributed by atoms with E-state index in [1.165, 1.54) is 5.01 Å². The minimum absolute atomic E-state index is 0.139. The normalized spacial score (nSPS) is 26.6. The zero-order valence-corrected chi connectivity index (χ0v) is 8.36. The highest BCUT2D eigenvalue weighted by Gasteiger charge is 2.26. The summed E-state index contributed by atoms with van der Waals surface area (Å²) in [7, 11) is 0. The van der Waals surface area contributed by atoms with Gasteiger partial charge in [0.1, 0.15) is 12.1 Å². The number of rotatable bonds is 4. The molecule has 2 N–H and O–H groups in total. The van der Waals surface area contributed by atoms with E-state index in [4.69, 9.17) is 10.9 Å². The lowest BCUT2D eigenvalue weighted by atomic mass is 9.84. The first-order valence-electron chi connectivity index (χ1n) is 4.85.